The van der Waals surface area contributed by atoms with Crippen molar-refractivity contribution in [1.82, 2.24) is 24.4 Å². The van der Waals surface area contributed by atoms with Gasteiger partial charge in [-0.25, -0.2) is 9.50 Å². The van der Waals surface area contributed by atoms with Gasteiger partial charge in [-0.05, 0) is 37.1 Å². The van der Waals surface area contributed by atoms with Crippen molar-refractivity contribution < 1.29 is 4.74 Å². The predicted octanol–water partition coefficient (Wildman–Crippen LogP) is 3.75. The highest BCUT2D eigenvalue weighted by atomic mass is 32.2. The van der Waals surface area contributed by atoms with Crippen LogP contribution in [0.25, 0.3) is 28.0 Å². The quantitative estimate of drug-likeness (QED) is 0.495. The molecule has 2 fully saturated rings. The normalized spacial score (nSPS) is 17.6. The third-order valence-corrected chi connectivity index (χ3v) is 7.53. The molecular weight excluding hydrogens is 434 g/mol. The minimum atomic E-state index is 0.313. The predicted molar refractivity (Wildman–Crippen MR) is 133 cm³/mol. The molecule has 0 aliphatic carbocycles. The smallest absolute Gasteiger partial charge is 0.152 e. The van der Waals surface area contributed by atoms with Crippen molar-refractivity contribution in [3.63, 3.8) is 0 Å². The Balaban J connectivity index is 1.47. The molecule has 2 saturated heterocycles. The summed E-state index contributed by atoms with van der Waals surface area (Å²) < 4.78 is 9.61. The molecule has 6 rings (SSSR count). The van der Waals surface area contributed by atoms with Crippen LogP contribution in [0.4, 0.5) is 11.5 Å². The summed E-state index contributed by atoms with van der Waals surface area (Å²) in [6, 6.07) is 13.3. The first-order valence-electron chi connectivity index (χ1n) is 11.5. The molecule has 0 saturated carbocycles. The largest absolute Gasteiger partial charge is 0.382 e. The zero-order valence-electron chi connectivity index (χ0n) is 18.4. The first kappa shape index (κ1) is 20.6. The van der Waals surface area contributed by atoms with Gasteiger partial charge in [0.1, 0.15) is 11.8 Å². The SMILES string of the molecule is Nc1ncnn2c(-c3cccc(N4CCSCC4)c3)cc(-c3ccnn3C3CCOCC3)c12. The molecule has 2 N–H and O–H groups in total. The van der Waals surface area contributed by atoms with Gasteiger partial charge in [-0.15, -0.1) is 0 Å². The second-order valence-corrected chi connectivity index (χ2v) is 9.73. The molecular formula is C24H27N7OS. The van der Waals surface area contributed by atoms with Crippen LogP contribution < -0.4 is 10.6 Å². The van der Waals surface area contributed by atoms with E-state index in [4.69, 9.17) is 10.5 Å². The average molecular weight is 462 g/mol. The summed E-state index contributed by atoms with van der Waals surface area (Å²) in [6.07, 6.45) is 5.30. The lowest BCUT2D eigenvalue weighted by atomic mass is 10.1. The first-order valence-corrected chi connectivity index (χ1v) is 12.6. The number of hydrogen-bond acceptors (Lipinski definition) is 7. The van der Waals surface area contributed by atoms with Gasteiger partial charge >= 0.3 is 0 Å². The van der Waals surface area contributed by atoms with Crippen LogP contribution in [0.5, 0.6) is 0 Å². The average Bonchev–Trinajstić information content (AvgIpc) is 3.51. The maximum Gasteiger partial charge on any atom is 0.152 e. The summed E-state index contributed by atoms with van der Waals surface area (Å²) in [5, 5.41) is 9.26. The summed E-state index contributed by atoms with van der Waals surface area (Å²) in [7, 11) is 0. The van der Waals surface area contributed by atoms with Crippen molar-refractivity contribution >= 4 is 28.8 Å². The summed E-state index contributed by atoms with van der Waals surface area (Å²) in [6.45, 7) is 3.68. The van der Waals surface area contributed by atoms with E-state index in [0.29, 0.717) is 11.9 Å². The van der Waals surface area contributed by atoms with Crippen LogP contribution in [-0.2, 0) is 4.74 Å². The van der Waals surface area contributed by atoms with Crippen LogP contribution in [0, 0.1) is 0 Å². The molecule has 5 heterocycles. The number of nitrogen functional groups attached to an aromatic ring is 1. The van der Waals surface area contributed by atoms with Crippen molar-refractivity contribution in [3.05, 3.63) is 48.9 Å². The van der Waals surface area contributed by atoms with Gasteiger partial charge in [0.05, 0.1) is 17.4 Å². The summed E-state index contributed by atoms with van der Waals surface area (Å²) in [5.41, 5.74) is 12.6. The monoisotopic (exact) mass is 461 g/mol. The number of anilines is 2. The fourth-order valence-electron chi connectivity index (χ4n) is 4.90. The molecule has 170 valence electrons. The van der Waals surface area contributed by atoms with E-state index in [9.17, 15) is 0 Å². The first-order chi connectivity index (χ1) is 16.3. The molecule has 9 heteroatoms. The lowest BCUT2D eigenvalue weighted by Crippen LogP contribution is -2.32. The molecule has 2 aliphatic heterocycles. The van der Waals surface area contributed by atoms with E-state index in [2.05, 4.69) is 61.2 Å². The van der Waals surface area contributed by atoms with Gasteiger partial charge in [-0.2, -0.15) is 22.0 Å². The molecule has 0 spiro atoms. The number of nitrogens with two attached hydrogens (primary N) is 1. The minimum Gasteiger partial charge on any atom is -0.382 e. The van der Waals surface area contributed by atoms with Crippen molar-refractivity contribution in [1.29, 1.82) is 0 Å². The van der Waals surface area contributed by atoms with Crippen molar-refractivity contribution in [3.8, 4) is 22.5 Å². The van der Waals surface area contributed by atoms with Crippen LogP contribution in [-0.4, -0.2) is 62.2 Å². The number of thioether (sulfide) groups is 1. The third-order valence-electron chi connectivity index (χ3n) is 6.58. The molecule has 8 nitrogen and oxygen atoms in total. The Kier molecular flexibility index (Phi) is 5.43. The molecule has 0 bridgehead atoms. The van der Waals surface area contributed by atoms with E-state index in [1.54, 1.807) is 0 Å². The molecule has 33 heavy (non-hydrogen) atoms. The van der Waals surface area contributed by atoms with Gasteiger partial charge in [-0.3, -0.25) is 4.68 Å². The molecule has 0 amide bonds. The lowest BCUT2D eigenvalue weighted by Gasteiger charge is -2.28. The van der Waals surface area contributed by atoms with E-state index in [1.807, 2.05) is 22.5 Å². The summed E-state index contributed by atoms with van der Waals surface area (Å²) in [5.74, 6) is 2.81. The van der Waals surface area contributed by atoms with E-state index in [0.717, 1.165) is 67.2 Å². The Morgan fingerprint density at radius 3 is 2.70 bits per heavy atom. The zero-order valence-corrected chi connectivity index (χ0v) is 19.2. The maximum atomic E-state index is 6.40. The van der Waals surface area contributed by atoms with Gasteiger partial charge in [0.25, 0.3) is 0 Å². The maximum absolute atomic E-state index is 6.40. The molecule has 2 aliphatic rings. The molecule has 0 unspecified atom stereocenters. The number of aromatic nitrogens is 5. The Hall–Kier alpha value is -3.04. The van der Waals surface area contributed by atoms with E-state index in [1.165, 1.54) is 23.5 Å². The van der Waals surface area contributed by atoms with Crippen LogP contribution in [0.15, 0.2) is 48.9 Å². The van der Waals surface area contributed by atoms with Gasteiger partial charge in [0.2, 0.25) is 0 Å². The van der Waals surface area contributed by atoms with E-state index in [-0.39, 0.29) is 0 Å². The number of nitrogens with zero attached hydrogens (tertiary/aromatic N) is 6. The van der Waals surface area contributed by atoms with Crippen LogP contribution in [0.1, 0.15) is 18.9 Å². The number of ether oxygens (including phenoxy) is 1. The van der Waals surface area contributed by atoms with Crippen molar-refractivity contribution in [2.24, 2.45) is 0 Å². The molecule has 4 aromatic rings. The van der Waals surface area contributed by atoms with Gasteiger partial charge in [-0.1, -0.05) is 12.1 Å². The Labute approximate surface area is 196 Å². The molecule has 0 radical (unpaired) electrons. The number of rotatable bonds is 4. The fourth-order valence-corrected chi connectivity index (χ4v) is 5.80. The number of hydrogen-bond donors (Lipinski definition) is 1. The number of benzene rings is 1. The molecule has 1 aromatic carbocycles. The molecule has 3 aromatic heterocycles. The third kappa shape index (κ3) is 3.75. The van der Waals surface area contributed by atoms with Crippen LogP contribution >= 0.6 is 11.8 Å². The van der Waals surface area contributed by atoms with Gasteiger partial charge < -0.3 is 15.4 Å². The van der Waals surface area contributed by atoms with E-state index >= 15 is 0 Å². The van der Waals surface area contributed by atoms with Crippen molar-refractivity contribution in [2.75, 3.05) is 48.4 Å². The lowest BCUT2D eigenvalue weighted by molar-refractivity contribution is 0.0667. The second kappa shape index (κ2) is 8.72. The standard InChI is InChI=1S/C24H27N7OS/c25-24-23-20(21-4-7-27-30(21)18-5-10-32-11-6-18)15-22(31(23)28-16-26-24)17-2-1-3-19(14-17)29-8-12-33-13-9-29/h1-4,7,14-16,18H,5-6,8-13H2,(H2,25,26,28). The highest BCUT2D eigenvalue weighted by Crippen LogP contribution is 2.37. The zero-order chi connectivity index (χ0) is 22.2. The van der Waals surface area contributed by atoms with Gasteiger partial charge in [0.15, 0.2) is 5.82 Å². The number of fused-ring (bicyclic) bond motifs is 1. The summed E-state index contributed by atoms with van der Waals surface area (Å²) in [4.78, 5) is 6.76. The molecule has 0 atom stereocenters. The second-order valence-electron chi connectivity index (χ2n) is 8.50. The summed E-state index contributed by atoms with van der Waals surface area (Å²) >= 11 is 2.02. The van der Waals surface area contributed by atoms with Crippen LogP contribution in [0.3, 0.4) is 0 Å². The van der Waals surface area contributed by atoms with E-state index < -0.39 is 0 Å². The van der Waals surface area contributed by atoms with Crippen molar-refractivity contribution in [2.45, 2.75) is 18.9 Å². The minimum absolute atomic E-state index is 0.313. The van der Waals surface area contributed by atoms with Gasteiger partial charge in [0, 0.05) is 60.8 Å². The Morgan fingerprint density at radius 2 is 1.85 bits per heavy atom. The topological polar surface area (TPSA) is 86.5 Å². The fraction of sp³-hybridized carbons (Fsp3) is 0.375. The Bertz CT molecular complexity index is 1270. The van der Waals surface area contributed by atoms with Crippen LogP contribution in [0.2, 0.25) is 0 Å². The highest BCUT2D eigenvalue weighted by Gasteiger charge is 2.24. The highest BCUT2D eigenvalue weighted by molar-refractivity contribution is 7.99. The Morgan fingerprint density at radius 1 is 1.00 bits per heavy atom.